The molecule has 2 N–H and O–H groups in total. The fourth-order valence-corrected chi connectivity index (χ4v) is 6.25. The van der Waals surface area contributed by atoms with E-state index in [1.807, 2.05) is 35.2 Å². The van der Waals surface area contributed by atoms with Crippen LogP contribution in [0.2, 0.25) is 0 Å². The lowest BCUT2D eigenvalue weighted by atomic mass is 9.95. The summed E-state index contributed by atoms with van der Waals surface area (Å²) in [5.41, 5.74) is 1.56. The van der Waals surface area contributed by atoms with E-state index in [1.54, 1.807) is 17.6 Å². The minimum absolute atomic E-state index is 0. The summed E-state index contributed by atoms with van der Waals surface area (Å²) in [6.45, 7) is 1.11. The Labute approximate surface area is 187 Å². The molecule has 30 heavy (non-hydrogen) atoms. The van der Waals surface area contributed by atoms with Gasteiger partial charge in [-0.05, 0) is 49.2 Å². The van der Waals surface area contributed by atoms with Crippen molar-refractivity contribution >= 4 is 39.9 Å². The maximum absolute atomic E-state index is 13.4. The van der Waals surface area contributed by atoms with Crippen LogP contribution in [0, 0.1) is 12.3 Å². The molecule has 2 aromatic carbocycles. The Balaban J connectivity index is 0.00000320. The first-order valence-electron chi connectivity index (χ1n) is 9.11. The van der Waals surface area contributed by atoms with Gasteiger partial charge in [-0.3, -0.25) is 14.9 Å². The zero-order valence-electron chi connectivity index (χ0n) is 16.2. The molecule has 0 aliphatic carbocycles. The average Bonchev–Trinajstić information content (AvgIpc) is 2.75. The number of amides is 1. The molecule has 0 bridgehead atoms. The number of hydroxylamine groups is 1. The summed E-state index contributed by atoms with van der Waals surface area (Å²) >= 11 is 1.52. The standard InChI is InChI=1S/C21H22N2O4S2.ClH/c1-2-14-23-15-12-21(13-16-23,20(24)22-25)29(26,27)19-10-8-18(9-11-19)28-17-6-4-3-5-7-17;/h1,3-11,25H,12-16H2,(H,22,24);1H. The van der Waals surface area contributed by atoms with Gasteiger partial charge < -0.3 is 0 Å². The molecule has 0 atom stereocenters. The second-order valence-corrected chi connectivity index (χ2v) is 10.2. The molecule has 1 fully saturated rings. The lowest BCUT2D eigenvalue weighted by Crippen LogP contribution is -2.57. The number of nitrogens with one attached hydrogen (secondary N) is 1. The lowest BCUT2D eigenvalue weighted by molar-refractivity contribution is -0.133. The average molecular weight is 467 g/mol. The van der Waals surface area contributed by atoms with Crippen molar-refractivity contribution in [3.05, 3.63) is 54.6 Å². The first-order valence-corrected chi connectivity index (χ1v) is 11.4. The van der Waals surface area contributed by atoms with Crippen LogP contribution in [-0.2, 0) is 14.6 Å². The van der Waals surface area contributed by atoms with Gasteiger partial charge in [-0.1, -0.05) is 35.9 Å². The third kappa shape index (κ3) is 4.82. The fraction of sp³-hybridized carbons (Fsp3) is 0.286. The smallest absolute Gasteiger partial charge is 0.265 e. The number of hydrogen-bond acceptors (Lipinski definition) is 6. The molecule has 2 aromatic rings. The number of nitrogens with zero attached hydrogens (tertiary/aromatic N) is 1. The Kier molecular flexibility index (Phi) is 8.35. The highest BCUT2D eigenvalue weighted by atomic mass is 35.5. The third-order valence-electron chi connectivity index (χ3n) is 5.12. The number of rotatable bonds is 6. The number of sulfone groups is 1. The van der Waals surface area contributed by atoms with E-state index in [0.29, 0.717) is 19.6 Å². The van der Waals surface area contributed by atoms with Gasteiger partial charge in [0.05, 0.1) is 11.4 Å². The van der Waals surface area contributed by atoms with E-state index in [-0.39, 0.29) is 30.1 Å². The summed E-state index contributed by atoms with van der Waals surface area (Å²) in [6, 6.07) is 16.2. The van der Waals surface area contributed by atoms with Gasteiger partial charge in [-0.15, -0.1) is 18.8 Å². The summed E-state index contributed by atoms with van der Waals surface area (Å²) in [5.74, 6) is 1.63. The first kappa shape index (κ1) is 24.3. The van der Waals surface area contributed by atoms with Crippen LogP contribution in [0.1, 0.15) is 12.8 Å². The molecule has 1 aliphatic rings. The molecular weight excluding hydrogens is 444 g/mol. The molecule has 1 heterocycles. The molecule has 0 saturated carbocycles. The molecule has 1 saturated heterocycles. The number of carbonyl (C=O) groups excluding carboxylic acids is 1. The van der Waals surface area contributed by atoms with Crippen LogP contribution in [0.15, 0.2) is 69.3 Å². The SMILES string of the molecule is C#CCN1CCC(C(=O)NO)(S(=O)(=O)c2ccc(Sc3ccccc3)cc2)CC1.Cl. The van der Waals surface area contributed by atoms with Crippen LogP contribution in [-0.4, -0.2) is 48.8 Å². The maximum atomic E-state index is 13.4. The quantitative estimate of drug-likeness (QED) is 0.386. The Hall–Kier alpha value is -2.02. The monoisotopic (exact) mass is 466 g/mol. The first-order chi connectivity index (χ1) is 13.9. The van der Waals surface area contributed by atoms with E-state index < -0.39 is 20.5 Å². The number of benzene rings is 2. The van der Waals surface area contributed by atoms with Crippen molar-refractivity contribution in [3.63, 3.8) is 0 Å². The topological polar surface area (TPSA) is 86.7 Å². The highest BCUT2D eigenvalue weighted by molar-refractivity contribution is 7.99. The highest BCUT2D eigenvalue weighted by Gasteiger charge is 2.52. The Morgan fingerprint density at radius 1 is 1.10 bits per heavy atom. The van der Waals surface area contributed by atoms with E-state index in [1.165, 1.54) is 23.9 Å². The Morgan fingerprint density at radius 3 is 2.20 bits per heavy atom. The third-order valence-corrected chi connectivity index (χ3v) is 8.65. The van der Waals surface area contributed by atoms with Crippen LogP contribution >= 0.6 is 24.2 Å². The van der Waals surface area contributed by atoms with Crippen LogP contribution in [0.5, 0.6) is 0 Å². The molecule has 1 amide bonds. The minimum atomic E-state index is -4.02. The maximum Gasteiger partial charge on any atom is 0.265 e. The summed E-state index contributed by atoms with van der Waals surface area (Å²) in [6.07, 6.45) is 5.45. The number of likely N-dealkylation sites (tertiary alicyclic amines) is 1. The summed E-state index contributed by atoms with van der Waals surface area (Å²) in [5, 5.41) is 9.23. The zero-order chi connectivity index (χ0) is 20.9. The van der Waals surface area contributed by atoms with Crippen molar-refractivity contribution < 1.29 is 18.4 Å². The fourth-order valence-electron chi connectivity index (χ4n) is 3.46. The predicted molar refractivity (Wildman–Crippen MR) is 119 cm³/mol. The van der Waals surface area contributed by atoms with Gasteiger partial charge in [0.1, 0.15) is 0 Å². The van der Waals surface area contributed by atoms with Gasteiger partial charge >= 0.3 is 0 Å². The Morgan fingerprint density at radius 2 is 1.67 bits per heavy atom. The van der Waals surface area contributed by atoms with E-state index in [4.69, 9.17) is 6.42 Å². The van der Waals surface area contributed by atoms with Crippen molar-refractivity contribution in [2.75, 3.05) is 19.6 Å². The van der Waals surface area contributed by atoms with Crippen LogP contribution in [0.25, 0.3) is 0 Å². The zero-order valence-corrected chi connectivity index (χ0v) is 18.6. The number of terminal acetylenes is 1. The van der Waals surface area contributed by atoms with Crippen molar-refractivity contribution in [1.82, 2.24) is 10.4 Å². The predicted octanol–water partition coefficient (Wildman–Crippen LogP) is 3.01. The highest BCUT2D eigenvalue weighted by Crippen LogP contribution is 2.37. The second-order valence-electron chi connectivity index (χ2n) is 6.81. The van der Waals surface area contributed by atoms with Crippen molar-refractivity contribution in [2.45, 2.75) is 32.3 Å². The molecule has 1 aliphatic heterocycles. The van der Waals surface area contributed by atoms with Gasteiger partial charge in [0.15, 0.2) is 14.6 Å². The van der Waals surface area contributed by atoms with Crippen molar-refractivity contribution in [1.29, 1.82) is 0 Å². The summed E-state index contributed by atoms with van der Waals surface area (Å²) < 4.78 is 25.1. The normalized spacial score (nSPS) is 16.1. The summed E-state index contributed by atoms with van der Waals surface area (Å²) in [4.78, 5) is 16.4. The molecule has 0 spiro atoms. The molecule has 3 rings (SSSR count). The molecule has 9 heteroatoms. The summed E-state index contributed by atoms with van der Waals surface area (Å²) in [7, 11) is -4.02. The largest absolute Gasteiger partial charge is 0.292 e. The van der Waals surface area contributed by atoms with Crippen LogP contribution in [0.3, 0.4) is 0 Å². The molecule has 0 radical (unpaired) electrons. The van der Waals surface area contributed by atoms with Gasteiger partial charge in [0, 0.05) is 22.9 Å². The number of halogens is 1. The van der Waals surface area contributed by atoms with E-state index >= 15 is 0 Å². The molecule has 0 unspecified atom stereocenters. The van der Waals surface area contributed by atoms with Gasteiger partial charge in [0.25, 0.3) is 5.91 Å². The van der Waals surface area contributed by atoms with E-state index in [9.17, 15) is 18.4 Å². The Bertz CT molecular complexity index is 998. The molecule has 160 valence electrons. The number of carbonyl (C=O) groups is 1. The molecule has 6 nitrogen and oxygen atoms in total. The lowest BCUT2D eigenvalue weighted by Gasteiger charge is -2.38. The van der Waals surface area contributed by atoms with Crippen molar-refractivity contribution in [2.24, 2.45) is 0 Å². The van der Waals surface area contributed by atoms with Gasteiger partial charge in [0.2, 0.25) is 0 Å². The van der Waals surface area contributed by atoms with Gasteiger partial charge in [-0.2, -0.15) is 0 Å². The second kappa shape index (κ2) is 10.3. The van der Waals surface area contributed by atoms with E-state index in [2.05, 4.69) is 5.92 Å². The van der Waals surface area contributed by atoms with Crippen LogP contribution < -0.4 is 5.48 Å². The van der Waals surface area contributed by atoms with Crippen molar-refractivity contribution in [3.8, 4) is 12.3 Å². The molecule has 0 aromatic heterocycles. The number of piperidine rings is 1. The number of hydrogen-bond donors (Lipinski definition) is 2. The van der Waals surface area contributed by atoms with E-state index in [0.717, 1.165) is 9.79 Å². The van der Waals surface area contributed by atoms with Crippen LogP contribution in [0.4, 0.5) is 0 Å². The molecular formula is C21H23ClN2O4S2. The minimum Gasteiger partial charge on any atom is -0.292 e. The van der Waals surface area contributed by atoms with Gasteiger partial charge in [-0.25, -0.2) is 13.9 Å².